The van der Waals surface area contributed by atoms with Gasteiger partial charge >= 0.3 is 0 Å². The van der Waals surface area contributed by atoms with Crippen molar-refractivity contribution in [3.63, 3.8) is 0 Å². The number of ether oxygens (including phenoxy) is 1. The maximum absolute atomic E-state index is 12.5. The number of morpholine rings is 1. The highest BCUT2D eigenvalue weighted by Crippen LogP contribution is 2.15. The quantitative estimate of drug-likeness (QED) is 0.825. The van der Waals surface area contributed by atoms with Gasteiger partial charge in [0.1, 0.15) is 0 Å². The molecule has 0 atom stereocenters. The molecule has 0 aromatic heterocycles. The lowest BCUT2D eigenvalue weighted by Gasteiger charge is -2.26. The van der Waals surface area contributed by atoms with Crippen molar-refractivity contribution in [3.05, 3.63) is 65.2 Å². The Kier molecular flexibility index (Phi) is 6.26. The summed E-state index contributed by atoms with van der Waals surface area (Å²) >= 11 is 0. The Labute approximate surface area is 160 Å². The number of amides is 1. The van der Waals surface area contributed by atoms with E-state index in [2.05, 4.69) is 12.2 Å². The zero-order valence-corrected chi connectivity index (χ0v) is 16.2. The van der Waals surface area contributed by atoms with Crippen LogP contribution in [0, 0.1) is 0 Å². The highest BCUT2D eigenvalue weighted by molar-refractivity contribution is 7.88. The van der Waals surface area contributed by atoms with Gasteiger partial charge in [-0.15, -0.1) is 0 Å². The lowest BCUT2D eigenvalue weighted by atomic mass is 10.1. The Bertz CT molecular complexity index is 871. The van der Waals surface area contributed by atoms with Crippen molar-refractivity contribution in [2.45, 2.75) is 19.1 Å². The van der Waals surface area contributed by atoms with Crippen molar-refractivity contribution in [1.82, 2.24) is 4.31 Å². The van der Waals surface area contributed by atoms with Gasteiger partial charge in [0.05, 0.1) is 19.0 Å². The molecule has 1 amide bonds. The van der Waals surface area contributed by atoms with Gasteiger partial charge in [-0.1, -0.05) is 31.2 Å². The van der Waals surface area contributed by atoms with Crippen molar-refractivity contribution in [2.75, 3.05) is 31.6 Å². The van der Waals surface area contributed by atoms with Crippen molar-refractivity contribution in [1.29, 1.82) is 0 Å². The predicted molar refractivity (Wildman–Crippen MR) is 105 cm³/mol. The van der Waals surface area contributed by atoms with Gasteiger partial charge in [-0.25, -0.2) is 8.42 Å². The summed E-state index contributed by atoms with van der Waals surface area (Å²) < 4.78 is 31.6. The molecule has 2 aromatic rings. The second-order valence-electron chi connectivity index (χ2n) is 6.47. The second kappa shape index (κ2) is 8.65. The summed E-state index contributed by atoms with van der Waals surface area (Å²) in [6, 6.07) is 14.4. The molecule has 1 N–H and O–H groups in total. The smallest absolute Gasteiger partial charge is 0.255 e. The standard InChI is InChI=1S/C20H24N2O4S/c1-2-16-5-9-19(10-6-16)21-20(23)18-7-3-17(4-8-18)15-27(24,25)22-11-13-26-14-12-22/h3-10H,2,11-15H2,1H3,(H,21,23). The third-order valence-corrected chi connectivity index (χ3v) is 6.40. The molecular formula is C20H24N2O4S. The molecule has 7 heteroatoms. The fourth-order valence-corrected chi connectivity index (χ4v) is 4.41. The monoisotopic (exact) mass is 388 g/mol. The molecule has 1 heterocycles. The Balaban J connectivity index is 1.62. The molecule has 3 rings (SSSR count). The molecule has 0 aliphatic carbocycles. The van der Waals surface area contributed by atoms with Crippen LogP contribution >= 0.6 is 0 Å². The Hall–Kier alpha value is -2.22. The van der Waals surface area contributed by atoms with Crippen LogP contribution < -0.4 is 5.32 Å². The first kappa shape index (κ1) is 19.5. The van der Waals surface area contributed by atoms with Gasteiger partial charge in [0.25, 0.3) is 5.91 Å². The fraction of sp³-hybridized carbons (Fsp3) is 0.350. The number of rotatable bonds is 6. The topological polar surface area (TPSA) is 75.7 Å². The first-order valence-corrected chi connectivity index (χ1v) is 10.6. The van der Waals surface area contributed by atoms with E-state index in [1.54, 1.807) is 24.3 Å². The highest BCUT2D eigenvalue weighted by Gasteiger charge is 2.24. The van der Waals surface area contributed by atoms with E-state index in [-0.39, 0.29) is 11.7 Å². The van der Waals surface area contributed by atoms with Crippen molar-refractivity contribution >= 4 is 21.6 Å². The summed E-state index contributed by atoms with van der Waals surface area (Å²) in [5.41, 5.74) is 3.09. The summed E-state index contributed by atoms with van der Waals surface area (Å²) in [7, 11) is -3.37. The van der Waals surface area contributed by atoms with Crippen LogP contribution in [0.2, 0.25) is 0 Å². The Morgan fingerprint density at radius 1 is 1.00 bits per heavy atom. The van der Waals surface area contributed by atoms with Crippen LogP contribution in [0.5, 0.6) is 0 Å². The Morgan fingerprint density at radius 2 is 1.59 bits per heavy atom. The number of nitrogens with zero attached hydrogens (tertiary/aromatic N) is 1. The summed E-state index contributed by atoms with van der Waals surface area (Å²) in [5.74, 6) is -0.297. The third-order valence-electron chi connectivity index (χ3n) is 4.55. The van der Waals surface area contributed by atoms with Gasteiger partial charge in [-0.3, -0.25) is 4.79 Å². The van der Waals surface area contributed by atoms with Gasteiger partial charge in [0.15, 0.2) is 0 Å². The van der Waals surface area contributed by atoms with Crippen LogP contribution in [0.4, 0.5) is 5.69 Å². The number of sulfonamides is 1. The van der Waals surface area contributed by atoms with E-state index in [1.165, 1.54) is 9.87 Å². The van der Waals surface area contributed by atoms with Gasteiger partial charge in [0.2, 0.25) is 10.0 Å². The molecule has 1 aliphatic rings. The zero-order chi connectivity index (χ0) is 19.3. The summed E-state index contributed by atoms with van der Waals surface area (Å²) in [6.45, 7) is 3.71. The molecule has 6 nitrogen and oxygen atoms in total. The molecule has 0 saturated carbocycles. The number of nitrogens with one attached hydrogen (secondary N) is 1. The minimum atomic E-state index is -3.37. The fourth-order valence-electron chi connectivity index (χ4n) is 2.91. The first-order valence-electron chi connectivity index (χ1n) is 9.03. The number of hydrogen-bond acceptors (Lipinski definition) is 4. The van der Waals surface area contributed by atoms with Crippen LogP contribution in [-0.2, 0) is 26.9 Å². The van der Waals surface area contributed by atoms with Crippen molar-refractivity contribution in [3.8, 4) is 0 Å². The molecule has 27 heavy (non-hydrogen) atoms. The molecule has 2 aromatic carbocycles. The maximum Gasteiger partial charge on any atom is 0.255 e. The molecule has 144 valence electrons. The number of anilines is 1. The summed E-state index contributed by atoms with van der Waals surface area (Å²) in [5, 5.41) is 2.85. The van der Waals surface area contributed by atoms with Gasteiger partial charge in [0, 0.05) is 24.3 Å². The molecule has 1 fully saturated rings. The molecule has 1 saturated heterocycles. The Morgan fingerprint density at radius 3 is 2.19 bits per heavy atom. The average molecular weight is 388 g/mol. The molecule has 0 unspecified atom stereocenters. The summed E-state index contributed by atoms with van der Waals surface area (Å²) in [6.07, 6.45) is 0.947. The number of carbonyl (C=O) groups excluding carboxylic acids is 1. The van der Waals surface area contributed by atoms with Crippen molar-refractivity contribution < 1.29 is 17.9 Å². The minimum Gasteiger partial charge on any atom is -0.379 e. The van der Waals surface area contributed by atoms with E-state index in [9.17, 15) is 13.2 Å². The van der Waals surface area contributed by atoms with E-state index in [1.807, 2.05) is 24.3 Å². The predicted octanol–water partition coefficient (Wildman–Crippen LogP) is 2.66. The number of aryl methyl sites for hydroxylation is 1. The molecule has 0 spiro atoms. The third kappa shape index (κ3) is 5.15. The van der Waals surface area contributed by atoms with E-state index in [0.29, 0.717) is 37.4 Å². The lowest BCUT2D eigenvalue weighted by Crippen LogP contribution is -2.41. The van der Waals surface area contributed by atoms with E-state index in [4.69, 9.17) is 4.74 Å². The lowest BCUT2D eigenvalue weighted by molar-refractivity contribution is 0.0729. The van der Waals surface area contributed by atoms with E-state index >= 15 is 0 Å². The van der Waals surface area contributed by atoms with Crippen LogP contribution in [-0.4, -0.2) is 44.9 Å². The molecule has 1 aliphatic heterocycles. The molecule has 0 bridgehead atoms. The number of benzene rings is 2. The van der Waals surface area contributed by atoms with Crippen LogP contribution in [0.15, 0.2) is 48.5 Å². The zero-order valence-electron chi connectivity index (χ0n) is 15.3. The normalized spacial score (nSPS) is 15.4. The number of hydrogen-bond donors (Lipinski definition) is 1. The van der Waals surface area contributed by atoms with Crippen LogP contribution in [0.3, 0.4) is 0 Å². The largest absolute Gasteiger partial charge is 0.379 e. The second-order valence-corrected chi connectivity index (χ2v) is 8.44. The van der Waals surface area contributed by atoms with Gasteiger partial charge < -0.3 is 10.1 Å². The SMILES string of the molecule is CCc1ccc(NC(=O)c2ccc(CS(=O)(=O)N3CCOCC3)cc2)cc1. The average Bonchev–Trinajstić information content (AvgIpc) is 2.69. The van der Waals surface area contributed by atoms with E-state index < -0.39 is 10.0 Å². The van der Waals surface area contributed by atoms with Gasteiger partial charge in [-0.05, 0) is 41.8 Å². The molecule has 0 radical (unpaired) electrons. The van der Waals surface area contributed by atoms with Gasteiger partial charge in [-0.2, -0.15) is 4.31 Å². The molecular weight excluding hydrogens is 364 g/mol. The van der Waals surface area contributed by atoms with E-state index in [0.717, 1.165) is 12.1 Å². The van der Waals surface area contributed by atoms with Crippen LogP contribution in [0.25, 0.3) is 0 Å². The van der Waals surface area contributed by atoms with Crippen molar-refractivity contribution in [2.24, 2.45) is 0 Å². The first-order chi connectivity index (χ1) is 13.0. The maximum atomic E-state index is 12.5. The summed E-state index contributed by atoms with van der Waals surface area (Å²) in [4.78, 5) is 12.4. The highest BCUT2D eigenvalue weighted by atomic mass is 32.2. The number of carbonyl (C=O) groups is 1. The minimum absolute atomic E-state index is 0.0760. The van der Waals surface area contributed by atoms with Crippen LogP contribution in [0.1, 0.15) is 28.4 Å².